The Balaban J connectivity index is 2.94. The average molecular weight is 375 g/mol. The molecule has 0 aliphatic rings. The Morgan fingerprint density at radius 2 is 2.00 bits per heavy atom. The molecule has 1 aromatic carbocycles. The van der Waals surface area contributed by atoms with Crippen LogP contribution < -0.4 is 5.73 Å². The highest BCUT2D eigenvalue weighted by molar-refractivity contribution is 7.92. The maximum absolute atomic E-state index is 11.8. The Morgan fingerprint density at radius 1 is 1.36 bits per heavy atom. The first-order valence-corrected chi connectivity index (χ1v) is 9.15. The van der Waals surface area contributed by atoms with Gasteiger partial charge in [0.15, 0.2) is 9.84 Å². The van der Waals surface area contributed by atoms with E-state index in [1.165, 1.54) is 18.2 Å². The number of benzene rings is 1. The summed E-state index contributed by atoms with van der Waals surface area (Å²) in [5.41, 5.74) is 5.60. The largest absolute Gasteiger partial charge is 0.365 e. The molecule has 1 aromatic heterocycles. The summed E-state index contributed by atoms with van der Waals surface area (Å²) >= 11 is 12.6. The first-order chi connectivity index (χ1) is 10.2. The monoisotopic (exact) mass is 374 g/mol. The quantitative estimate of drug-likeness (QED) is 0.891. The Morgan fingerprint density at radius 3 is 2.45 bits per heavy atom. The number of thiophene rings is 1. The standard InChI is InChI=1S/C13H8Cl2N2O3S2/c1-22(19,20)13-8(5-16)10(11(21-13)12(17)18)7-3-2-6(14)4-9(7)15/h2-4H,1H3,(H2,17,18). The first-order valence-electron chi connectivity index (χ1n) is 5.69. The van der Waals surface area contributed by atoms with Gasteiger partial charge < -0.3 is 5.73 Å². The lowest BCUT2D eigenvalue weighted by atomic mass is 10.0. The zero-order valence-corrected chi connectivity index (χ0v) is 14.2. The number of halogens is 2. The van der Waals surface area contributed by atoms with Crippen molar-refractivity contribution >= 4 is 50.3 Å². The van der Waals surface area contributed by atoms with Gasteiger partial charge in [-0.2, -0.15) is 5.26 Å². The molecule has 2 N–H and O–H groups in total. The molecule has 2 aromatic rings. The number of amides is 1. The lowest BCUT2D eigenvalue weighted by Crippen LogP contribution is -2.10. The predicted molar refractivity (Wildman–Crippen MR) is 86.1 cm³/mol. The normalized spacial score (nSPS) is 11.2. The fourth-order valence-electron chi connectivity index (χ4n) is 1.90. The van der Waals surface area contributed by atoms with Crippen LogP contribution in [0.25, 0.3) is 11.1 Å². The Bertz CT molecular complexity index is 927. The molecular formula is C13H8Cl2N2O3S2. The number of hydrogen-bond donors (Lipinski definition) is 1. The highest BCUT2D eigenvalue weighted by atomic mass is 35.5. The average Bonchev–Trinajstić information content (AvgIpc) is 2.78. The number of sulfone groups is 1. The van der Waals surface area contributed by atoms with Crippen molar-refractivity contribution in [3.05, 3.63) is 38.7 Å². The highest BCUT2D eigenvalue weighted by Gasteiger charge is 2.28. The third-order valence-corrected chi connectivity index (χ3v) is 6.33. The Labute approximate surface area is 140 Å². The zero-order valence-electron chi connectivity index (χ0n) is 11.1. The summed E-state index contributed by atoms with van der Waals surface area (Å²) in [6.07, 6.45) is 0.956. The second-order valence-electron chi connectivity index (χ2n) is 4.34. The summed E-state index contributed by atoms with van der Waals surface area (Å²) in [4.78, 5) is 11.6. The van der Waals surface area contributed by atoms with Crippen LogP contribution in [0.3, 0.4) is 0 Å². The predicted octanol–water partition coefficient (Wildman–Crippen LogP) is 3.10. The van der Waals surface area contributed by atoms with E-state index in [-0.39, 0.29) is 25.2 Å². The van der Waals surface area contributed by atoms with Crippen molar-refractivity contribution in [1.29, 1.82) is 5.26 Å². The van der Waals surface area contributed by atoms with Crippen LogP contribution in [-0.4, -0.2) is 20.6 Å². The van der Waals surface area contributed by atoms with Crippen molar-refractivity contribution in [3.63, 3.8) is 0 Å². The van der Waals surface area contributed by atoms with E-state index in [0.717, 1.165) is 6.26 Å². The Kier molecular flexibility index (Phi) is 4.49. The summed E-state index contributed by atoms with van der Waals surface area (Å²) in [6, 6.07) is 6.28. The SMILES string of the molecule is CS(=O)(=O)c1sc(C(N)=O)c(-c2ccc(Cl)cc2Cl)c1C#N. The molecule has 0 saturated heterocycles. The molecule has 22 heavy (non-hydrogen) atoms. The number of nitrogens with two attached hydrogens (primary N) is 1. The number of carbonyl (C=O) groups excluding carboxylic acids is 1. The molecule has 0 unspecified atom stereocenters. The molecule has 0 radical (unpaired) electrons. The maximum Gasteiger partial charge on any atom is 0.259 e. The fourth-order valence-corrected chi connectivity index (χ4v) is 4.62. The van der Waals surface area contributed by atoms with E-state index >= 15 is 0 Å². The molecule has 0 aliphatic heterocycles. The van der Waals surface area contributed by atoms with E-state index in [1.54, 1.807) is 0 Å². The van der Waals surface area contributed by atoms with Crippen LogP contribution in [0.1, 0.15) is 15.2 Å². The second-order valence-corrected chi connectivity index (χ2v) is 8.42. The summed E-state index contributed by atoms with van der Waals surface area (Å²) in [5, 5.41) is 9.89. The number of nitrogens with zero attached hydrogens (tertiary/aromatic N) is 1. The molecular weight excluding hydrogens is 367 g/mol. The summed E-state index contributed by atoms with van der Waals surface area (Å²) in [6.45, 7) is 0. The number of carbonyl (C=O) groups is 1. The molecule has 5 nitrogen and oxygen atoms in total. The summed E-state index contributed by atoms with van der Waals surface area (Å²) < 4.78 is 23.4. The van der Waals surface area contributed by atoms with Gasteiger partial charge in [-0.15, -0.1) is 11.3 Å². The molecule has 114 valence electrons. The fraction of sp³-hybridized carbons (Fsp3) is 0.0769. The molecule has 0 spiro atoms. The molecule has 0 bridgehead atoms. The van der Waals surface area contributed by atoms with Gasteiger partial charge in [-0.05, 0) is 12.1 Å². The molecule has 2 rings (SSSR count). The summed E-state index contributed by atoms with van der Waals surface area (Å²) in [5.74, 6) is -0.836. The molecule has 1 heterocycles. The van der Waals surface area contributed by atoms with Crippen LogP contribution in [-0.2, 0) is 9.84 Å². The number of nitriles is 1. The van der Waals surface area contributed by atoms with Gasteiger partial charge in [-0.1, -0.05) is 29.3 Å². The van der Waals surface area contributed by atoms with E-state index < -0.39 is 15.7 Å². The van der Waals surface area contributed by atoms with Crippen molar-refractivity contribution < 1.29 is 13.2 Å². The van der Waals surface area contributed by atoms with Crippen molar-refractivity contribution in [2.75, 3.05) is 6.26 Å². The van der Waals surface area contributed by atoms with E-state index in [9.17, 15) is 18.5 Å². The lowest BCUT2D eigenvalue weighted by molar-refractivity contribution is 0.100. The van der Waals surface area contributed by atoms with Gasteiger partial charge in [0.2, 0.25) is 0 Å². The van der Waals surface area contributed by atoms with Crippen LogP contribution in [0, 0.1) is 11.3 Å². The van der Waals surface area contributed by atoms with Crippen molar-refractivity contribution in [1.82, 2.24) is 0 Å². The zero-order chi connectivity index (χ0) is 16.7. The van der Waals surface area contributed by atoms with E-state index in [1.807, 2.05) is 6.07 Å². The van der Waals surface area contributed by atoms with Gasteiger partial charge in [0, 0.05) is 27.4 Å². The molecule has 0 atom stereocenters. The van der Waals surface area contributed by atoms with Crippen LogP contribution in [0.2, 0.25) is 10.0 Å². The van der Waals surface area contributed by atoms with Crippen LogP contribution in [0.4, 0.5) is 0 Å². The van der Waals surface area contributed by atoms with Gasteiger partial charge in [0.1, 0.15) is 15.2 Å². The first kappa shape index (κ1) is 16.8. The Hall–Kier alpha value is -1.59. The van der Waals surface area contributed by atoms with E-state index in [0.29, 0.717) is 21.9 Å². The molecule has 1 amide bonds. The van der Waals surface area contributed by atoms with Crippen LogP contribution in [0.15, 0.2) is 22.4 Å². The summed E-state index contributed by atoms with van der Waals surface area (Å²) in [7, 11) is -3.69. The third kappa shape index (κ3) is 2.96. The van der Waals surface area contributed by atoms with Crippen LogP contribution >= 0.6 is 34.5 Å². The molecule has 0 saturated carbocycles. The van der Waals surface area contributed by atoms with Gasteiger partial charge in [0.25, 0.3) is 5.91 Å². The molecule has 0 aliphatic carbocycles. The molecule has 9 heteroatoms. The van der Waals surface area contributed by atoms with Gasteiger partial charge in [0.05, 0.1) is 5.56 Å². The van der Waals surface area contributed by atoms with Crippen molar-refractivity contribution in [2.24, 2.45) is 5.73 Å². The van der Waals surface area contributed by atoms with Crippen LogP contribution in [0.5, 0.6) is 0 Å². The molecule has 0 fully saturated rings. The smallest absolute Gasteiger partial charge is 0.259 e. The van der Waals surface area contributed by atoms with Gasteiger partial charge >= 0.3 is 0 Å². The lowest BCUT2D eigenvalue weighted by Gasteiger charge is -2.06. The minimum absolute atomic E-state index is 0.0406. The topological polar surface area (TPSA) is 101 Å². The second kappa shape index (κ2) is 5.89. The maximum atomic E-state index is 11.8. The van der Waals surface area contributed by atoms with E-state index in [2.05, 4.69) is 0 Å². The number of rotatable bonds is 3. The van der Waals surface area contributed by atoms with Gasteiger partial charge in [-0.3, -0.25) is 4.79 Å². The number of hydrogen-bond acceptors (Lipinski definition) is 5. The minimum Gasteiger partial charge on any atom is -0.365 e. The minimum atomic E-state index is -3.69. The van der Waals surface area contributed by atoms with Crippen molar-refractivity contribution in [3.8, 4) is 17.2 Å². The van der Waals surface area contributed by atoms with E-state index in [4.69, 9.17) is 28.9 Å². The number of primary amides is 1. The third-order valence-electron chi connectivity index (χ3n) is 2.75. The highest BCUT2D eigenvalue weighted by Crippen LogP contribution is 2.42. The van der Waals surface area contributed by atoms with Crippen molar-refractivity contribution in [2.45, 2.75) is 4.21 Å². The van der Waals surface area contributed by atoms with Gasteiger partial charge in [-0.25, -0.2) is 8.42 Å².